The van der Waals surface area contributed by atoms with E-state index in [1.54, 1.807) is 13.0 Å². The van der Waals surface area contributed by atoms with Crippen LogP contribution in [0.1, 0.15) is 12.5 Å². The van der Waals surface area contributed by atoms with Crippen LogP contribution < -0.4 is 15.4 Å². The lowest BCUT2D eigenvalue weighted by Gasteiger charge is -2.37. The molecule has 0 radical (unpaired) electrons. The third-order valence-corrected chi connectivity index (χ3v) is 6.51. The Balaban J connectivity index is 1.93. The maximum atomic E-state index is 13.1. The number of aliphatic hydroxyl groups excluding tert-OH is 1. The second kappa shape index (κ2) is 8.68. The van der Waals surface area contributed by atoms with Gasteiger partial charge in [-0.1, -0.05) is 13.0 Å². The summed E-state index contributed by atoms with van der Waals surface area (Å²) < 4.78 is 33.4. The maximum Gasteiger partial charge on any atom is 0.253 e. The quantitative estimate of drug-likeness (QED) is 0.411. The predicted octanol–water partition coefficient (Wildman–Crippen LogP) is -2.05. The van der Waals surface area contributed by atoms with E-state index in [-0.39, 0.29) is 43.5 Å². The Morgan fingerprint density at radius 2 is 2.07 bits per heavy atom. The van der Waals surface area contributed by atoms with Crippen LogP contribution in [0.4, 0.5) is 5.69 Å². The number of morpholine rings is 1. The van der Waals surface area contributed by atoms with Crippen molar-refractivity contribution in [1.82, 2.24) is 9.62 Å². The standard InChI is InChI=1S/C18H24N4O7S/c1-2-12-13(22-6-7-29-10-15(22)24)4-3-5-14(12)30(27,28)20-16(17(19)25)18(26)21-8-11(23)9-21/h3-5,11,16,20,23H,2,6-10H2,1H3,(H2,19,25)/t16-/m0/s1. The van der Waals surface area contributed by atoms with Gasteiger partial charge in [-0.25, -0.2) is 8.42 Å². The first-order chi connectivity index (χ1) is 14.2. The molecule has 4 N–H and O–H groups in total. The average molecular weight is 440 g/mol. The largest absolute Gasteiger partial charge is 0.389 e. The molecule has 0 aromatic heterocycles. The van der Waals surface area contributed by atoms with Gasteiger partial charge < -0.3 is 25.4 Å². The van der Waals surface area contributed by atoms with Crippen LogP contribution in [0.25, 0.3) is 0 Å². The molecule has 30 heavy (non-hydrogen) atoms. The van der Waals surface area contributed by atoms with Crippen LogP contribution in [0.15, 0.2) is 23.1 Å². The number of hydrogen-bond donors (Lipinski definition) is 3. The molecule has 11 nitrogen and oxygen atoms in total. The van der Waals surface area contributed by atoms with E-state index in [1.165, 1.54) is 17.0 Å². The Morgan fingerprint density at radius 3 is 2.63 bits per heavy atom. The number of rotatable bonds is 7. The molecule has 0 saturated carbocycles. The molecule has 2 fully saturated rings. The number of β-amino-alcohol motifs (C(OH)–C–C–N with tert-alkyl or cyclic N) is 1. The van der Waals surface area contributed by atoms with E-state index in [9.17, 15) is 27.9 Å². The number of likely N-dealkylation sites (tertiary alicyclic amines) is 1. The lowest BCUT2D eigenvalue weighted by Crippen LogP contribution is -2.62. The van der Waals surface area contributed by atoms with E-state index in [0.29, 0.717) is 17.9 Å². The minimum absolute atomic E-state index is 0.000815. The van der Waals surface area contributed by atoms with Crippen molar-refractivity contribution in [1.29, 1.82) is 0 Å². The van der Waals surface area contributed by atoms with Gasteiger partial charge in [-0.05, 0) is 24.1 Å². The third kappa shape index (κ3) is 4.31. The summed E-state index contributed by atoms with van der Waals surface area (Å²) in [6.45, 7) is 2.24. The van der Waals surface area contributed by atoms with E-state index >= 15 is 0 Å². The number of nitrogens with two attached hydrogens (primary N) is 1. The zero-order valence-electron chi connectivity index (χ0n) is 16.4. The van der Waals surface area contributed by atoms with Gasteiger partial charge in [0.05, 0.1) is 17.6 Å². The van der Waals surface area contributed by atoms with Gasteiger partial charge in [-0.2, -0.15) is 4.72 Å². The zero-order valence-corrected chi connectivity index (χ0v) is 17.2. The van der Waals surface area contributed by atoms with Crippen LogP contribution in [-0.4, -0.2) is 81.1 Å². The highest BCUT2D eigenvalue weighted by molar-refractivity contribution is 7.89. The van der Waals surface area contributed by atoms with Gasteiger partial charge in [-0.3, -0.25) is 14.4 Å². The fourth-order valence-corrected chi connectivity index (χ4v) is 4.94. The lowest BCUT2D eigenvalue weighted by molar-refractivity contribution is -0.146. The minimum atomic E-state index is -4.33. The molecule has 2 aliphatic rings. The number of aliphatic hydroxyl groups is 1. The maximum absolute atomic E-state index is 13.1. The van der Waals surface area contributed by atoms with Gasteiger partial charge in [-0.15, -0.1) is 0 Å². The molecule has 0 bridgehead atoms. The van der Waals surface area contributed by atoms with Gasteiger partial charge in [0, 0.05) is 25.3 Å². The van der Waals surface area contributed by atoms with E-state index < -0.39 is 34.0 Å². The summed E-state index contributed by atoms with van der Waals surface area (Å²) >= 11 is 0. The molecule has 2 saturated heterocycles. The van der Waals surface area contributed by atoms with E-state index in [1.807, 2.05) is 0 Å². The summed E-state index contributed by atoms with van der Waals surface area (Å²) in [4.78, 5) is 38.9. The van der Waals surface area contributed by atoms with Crippen molar-refractivity contribution in [2.24, 2.45) is 5.73 Å². The second-order valence-electron chi connectivity index (χ2n) is 7.06. The SMILES string of the molecule is CCc1c(N2CCOCC2=O)cccc1S(=O)(=O)N[C@@H](C(N)=O)C(=O)N1CC(O)C1. The van der Waals surface area contributed by atoms with E-state index in [2.05, 4.69) is 4.72 Å². The van der Waals surface area contributed by atoms with Crippen LogP contribution in [0.3, 0.4) is 0 Å². The Labute approximate surface area is 173 Å². The highest BCUT2D eigenvalue weighted by Gasteiger charge is 2.39. The summed E-state index contributed by atoms with van der Waals surface area (Å²) in [6.07, 6.45) is -0.432. The highest BCUT2D eigenvalue weighted by atomic mass is 32.2. The number of carbonyl (C=O) groups is 3. The number of anilines is 1. The van der Waals surface area contributed by atoms with Gasteiger partial charge >= 0.3 is 0 Å². The number of benzene rings is 1. The molecule has 3 rings (SSSR count). The Hall–Kier alpha value is -2.54. The summed E-state index contributed by atoms with van der Waals surface area (Å²) in [5.41, 5.74) is 6.07. The molecule has 2 heterocycles. The van der Waals surface area contributed by atoms with Crippen molar-refractivity contribution in [3.8, 4) is 0 Å². The average Bonchev–Trinajstić information content (AvgIpc) is 2.68. The normalized spacial score (nSPS) is 18.8. The number of nitrogens with zero attached hydrogens (tertiary/aromatic N) is 2. The fourth-order valence-electron chi connectivity index (χ4n) is 3.45. The van der Waals surface area contributed by atoms with Gasteiger partial charge in [0.1, 0.15) is 6.61 Å². The molecule has 164 valence electrons. The van der Waals surface area contributed by atoms with Crippen LogP contribution in [0.2, 0.25) is 0 Å². The smallest absolute Gasteiger partial charge is 0.253 e. The molecule has 1 atom stereocenters. The molecular weight excluding hydrogens is 416 g/mol. The van der Waals surface area contributed by atoms with Crippen LogP contribution in [0, 0.1) is 0 Å². The van der Waals surface area contributed by atoms with E-state index in [4.69, 9.17) is 10.5 Å². The van der Waals surface area contributed by atoms with Gasteiger partial charge in [0.15, 0.2) is 6.04 Å². The Morgan fingerprint density at radius 1 is 1.37 bits per heavy atom. The molecule has 0 unspecified atom stereocenters. The number of sulfonamides is 1. The molecule has 12 heteroatoms. The van der Waals surface area contributed by atoms with Crippen molar-refractivity contribution in [3.05, 3.63) is 23.8 Å². The second-order valence-corrected chi connectivity index (χ2v) is 8.74. The number of primary amides is 1. The Bertz CT molecular complexity index is 959. The number of nitrogens with one attached hydrogen (secondary N) is 1. The topological polar surface area (TPSA) is 159 Å². The van der Waals surface area contributed by atoms with Crippen molar-refractivity contribution in [2.75, 3.05) is 37.7 Å². The van der Waals surface area contributed by atoms with E-state index in [0.717, 1.165) is 4.90 Å². The molecule has 3 amide bonds. The molecule has 0 aliphatic carbocycles. The first-order valence-electron chi connectivity index (χ1n) is 9.44. The summed E-state index contributed by atoms with van der Waals surface area (Å²) in [5.74, 6) is -2.27. The fraction of sp³-hybridized carbons (Fsp3) is 0.500. The molecular formula is C18H24N4O7S. The number of ether oxygens (including phenoxy) is 1. The predicted molar refractivity (Wildman–Crippen MR) is 105 cm³/mol. The van der Waals surface area contributed by atoms with Gasteiger partial charge in [0.2, 0.25) is 15.9 Å². The number of hydrogen-bond acceptors (Lipinski definition) is 7. The van der Waals surface area contributed by atoms with Gasteiger partial charge in [0.25, 0.3) is 11.8 Å². The lowest BCUT2D eigenvalue weighted by atomic mass is 10.1. The summed E-state index contributed by atoms with van der Waals surface area (Å²) in [6, 6.07) is 2.66. The molecule has 1 aromatic carbocycles. The first kappa shape index (κ1) is 22.2. The molecule has 1 aromatic rings. The third-order valence-electron chi connectivity index (χ3n) is 5.01. The van der Waals surface area contributed by atoms with Crippen molar-refractivity contribution in [2.45, 2.75) is 30.4 Å². The number of amides is 3. The Kier molecular flexibility index (Phi) is 6.41. The highest BCUT2D eigenvalue weighted by Crippen LogP contribution is 2.29. The monoisotopic (exact) mass is 440 g/mol. The van der Waals surface area contributed by atoms with Crippen molar-refractivity contribution < 1.29 is 32.6 Å². The van der Waals surface area contributed by atoms with Crippen LogP contribution in [-0.2, 0) is 35.6 Å². The summed E-state index contributed by atoms with van der Waals surface area (Å²) in [5, 5.41) is 9.35. The molecule has 0 spiro atoms. The van der Waals surface area contributed by atoms with Crippen LogP contribution >= 0.6 is 0 Å². The number of carbonyl (C=O) groups excluding carboxylic acids is 3. The minimum Gasteiger partial charge on any atom is -0.389 e. The summed E-state index contributed by atoms with van der Waals surface area (Å²) in [7, 11) is -4.33. The molecule has 2 aliphatic heterocycles. The van der Waals surface area contributed by atoms with Crippen LogP contribution in [0.5, 0.6) is 0 Å². The van der Waals surface area contributed by atoms with Crippen molar-refractivity contribution in [3.63, 3.8) is 0 Å². The van der Waals surface area contributed by atoms with Crippen molar-refractivity contribution >= 4 is 33.4 Å². The zero-order chi connectivity index (χ0) is 22.1. The first-order valence-corrected chi connectivity index (χ1v) is 10.9.